The summed E-state index contributed by atoms with van der Waals surface area (Å²) in [5.74, 6) is -1.01. The summed E-state index contributed by atoms with van der Waals surface area (Å²) in [5, 5.41) is 18.4. The number of carboxylic acid groups (broad SMARTS) is 1. The SMILES string of the molecule is CCCCc1ccc(CC(=O)O)c(=O)n1Cc1ccc(-c2ccccc2C#N)cc1. The number of carboxylic acids is 1. The second kappa shape index (κ2) is 9.71. The number of nitrogens with zero attached hydrogens (tertiary/aromatic N) is 2. The number of aromatic nitrogens is 1. The maximum Gasteiger partial charge on any atom is 0.308 e. The molecule has 0 aliphatic rings. The van der Waals surface area contributed by atoms with Crippen molar-refractivity contribution in [3.05, 3.63) is 93.4 Å². The Morgan fingerprint density at radius 2 is 1.80 bits per heavy atom. The van der Waals surface area contributed by atoms with E-state index in [2.05, 4.69) is 13.0 Å². The van der Waals surface area contributed by atoms with Gasteiger partial charge in [0.15, 0.2) is 0 Å². The second-order valence-corrected chi connectivity index (χ2v) is 7.27. The minimum Gasteiger partial charge on any atom is -0.481 e. The zero-order valence-electron chi connectivity index (χ0n) is 17.0. The summed E-state index contributed by atoms with van der Waals surface area (Å²) >= 11 is 0. The first kappa shape index (κ1) is 21.1. The minimum atomic E-state index is -1.01. The molecule has 1 aromatic heterocycles. The molecule has 1 N–H and O–H groups in total. The van der Waals surface area contributed by atoms with E-state index in [9.17, 15) is 14.9 Å². The molecule has 0 aliphatic heterocycles. The standard InChI is InChI=1S/C25H24N2O3/c1-2-3-7-22-14-13-20(15-24(28)29)25(30)27(22)17-18-9-11-19(12-10-18)23-8-5-4-6-21(23)16-26/h4-6,8-14H,2-3,7,15,17H2,1H3,(H,28,29). The molecule has 0 aliphatic carbocycles. The van der Waals surface area contributed by atoms with E-state index in [0.29, 0.717) is 17.7 Å². The first-order valence-electron chi connectivity index (χ1n) is 10.0. The lowest BCUT2D eigenvalue weighted by atomic mass is 9.99. The molecule has 0 saturated heterocycles. The Bertz CT molecular complexity index is 1140. The molecule has 0 spiro atoms. The van der Waals surface area contributed by atoms with Crippen LogP contribution in [0.2, 0.25) is 0 Å². The molecule has 2 aromatic carbocycles. The first-order valence-corrected chi connectivity index (χ1v) is 10.0. The lowest BCUT2D eigenvalue weighted by molar-refractivity contribution is -0.136. The van der Waals surface area contributed by atoms with Gasteiger partial charge < -0.3 is 9.67 Å². The van der Waals surface area contributed by atoms with Crippen molar-refractivity contribution in [2.45, 2.75) is 39.2 Å². The highest BCUT2D eigenvalue weighted by molar-refractivity contribution is 5.71. The van der Waals surface area contributed by atoms with Gasteiger partial charge in [0, 0.05) is 11.3 Å². The molecule has 152 valence electrons. The van der Waals surface area contributed by atoms with Crippen molar-refractivity contribution in [2.24, 2.45) is 0 Å². The summed E-state index contributed by atoms with van der Waals surface area (Å²) in [5.41, 5.74) is 4.33. The van der Waals surface area contributed by atoms with Crippen LogP contribution in [-0.4, -0.2) is 15.6 Å². The van der Waals surface area contributed by atoms with Crippen LogP contribution in [0.15, 0.2) is 65.5 Å². The topological polar surface area (TPSA) is 83.1 Å². The minimum absolute atomic E-state index is 0.245. The van der Waals surface area contributed by atoms with E-state index >= 15 is 0 Å². The molecule has 30 heavy (non-hydrogen) atoms. The molecule has 0 saturated carbocycles. The van der Waals surface area contributed by atoms with Crippen LogP contribution in [0.5, 0.6) is 0 Å². The predicted molar refractivity (Wildman–Crippen MR) is 116 cm³/mol. The fourth-order valence-corrected chi connectivity index (χ4v) is 3.51. The first-order chi connectivity index (χ1) is 14.5. The van der Waals surface area contributed by atoms with Gasteiger partial charge in [0.2, 0.25) is 0 Å². The van der Waals surface area contributed by atoms with Crippen molar-refractivity contribution < 1.29 is 9.90 Å². The van der Waals surface area contributed by atoms with E-state index < -0.39 is 5.97 Å². The van der Waals surface area contributed by atoms with E-state index in [1.165, 1.54) is 0 Å². The lowest BCUT2D eigenvalue weighted by Crippen LogP contribution is -2.28. The predicted octanol–water partition coefficient (Wildman–Crippen LogP) is 4.40. The Morgan fingerprint density at radius 3 is 2.47 bits per heavy atom. The number of aliphatic carboxylic acids is 1. The smallest absolute Gasteiger partial charge is 0.308 e. The highest BCUT2D eigenvalue weighted by Gasteiger charge is 2.12. The number of nitriles is 1. The molecule has 3 aromatic rings. The molecule has 0 unspecified atom stereocenters. The van der Waals surface area contributed by atoms with Gasteiger partial charge >= 0.3 is 5.97 Å². The quantitative estimate of drug-likeness (QED) is 0.607. The molecule has 1 heterocycles. The van der Waals surface area contributed by atoms with Gasteiger partial charge in [0.1, 0.15) is 0 Å². The molecule has 0 bridgehead atoms. The fraction of sp³-hybridized carbons (Fsp3) is 0.240. The molecule has 5 heteroatoms. The Balaban J connectivity index is 1.93. The van der Waals surface area contributed by atoms with Crippen molar-refractivity contribution in [1.82, 2.24) is 4.57 Å². The Kier molecular flexibility index (Phi) is 6.82. The number of carbonyl (C=O) groups is 1. The summed E-state index contributed by atoms with van der Waals surface area (Å²) in [6, 6.07) is 20.9. The second-order valence-electron chi connectivity index (χ2n) is 7.27. The van der Waals surface area contributed by atoms with Crippen LogP contribution in [0, 0.1) is 11.3 Å². The van der Waals surface area contributed by atoms with Gasteiger partial charge in [-0.3, -0.25) is 9.59 Å². The van der Waals surface area contributed by atoms with Gasteiger partial charge in [0.05, 0.1) is 24.6 Å². The van der Waals surface area contributed by atoms with Gasteiger partial charge in [-0.15, -0.1) is 0 Å². The van der Waals surface area contributed by atoms with Crippen molar-refractivity contribution in [1.29, 1.82) is 5.26 Å². The molecule has 3 rings (SSSR count). The van der Waals surface area contributed by atoms with Gasteiger partial charge in [0.25, 0.3) is 5.56 Å². The number of hydrogen-bond donors (Lipinski definition) is 1. The van der Waals surface area contributed by atoms with Crippen LogP contribution in [0.1, 0.15) is 42.1 Å². The van der Waals surface area contributed by atoms with E-state index in [1.54, 1.807) is 16.7 Å². The average molecular weight is 400 g/mol. The summed E-state index contributed by atoms with van der Waals surface area (Å²) in [4.78, 5) is 24.0. The number of unbranched alkanes of at least 4 members (excludes halogenated alkanes) is 1. The van der Waals surface area contributed by atoms with Crippen LogP contribution in [0.3, 0.4) is 0 Å². The third-order valence-electron chi connectivity index (χ3n) is 5.12. The number of pyridine rings is 1. The van der Waals surface area contributed by atoms with E-state index in [-0.39, 0.29) is 12.0 Å². The van der Waals surface area contributed by atoms with Crippen molar-refractivity contribution >= 4 is 5.97 Å². The molecule has 5 nitrogen and oxygen atoms in total. The third kappa shape index (κ3) is 4.84. The van der Waals surface area contributed by atoms with E-state index in [4.69, 9.17) is 5.11 Å². The van der Waals surface area contributed by atoms with Crippen molar-refractivity contribution in [3.8, 4) is 17.2 Å². The number of benzene rings is 2. The van der Waals surface area contributed by atoms with Crippen molar-refractivity contribution in [2.75, 3.05) is 0 Å². The third-order valence-corrected chi connectivity index (χ3v) is 5.12. The number of rotatable bonds is 8. The monoisotopic (exact) mass is 400 g/mol. The molecular weight excluding hydrogens is 376 g/mol. The molecule has 0 fully saturated rings. The fourth-order valence-electron chi connectivity index (χ4n) is 3.51. The summed E-state index contributed by atoms with van der Waals surface area (Å²) in [7, 11) is 0. The molecule has 0 radical (unpaired) electrons. The average Bonchev–Trinajstić information content (AvgIpc) is 2.76. The summed E-state index contributed by atoms with van der Waals surface area (Å²) < 4.78 is 1.69. The summed E-state index contributed by atoms with van der Waals surface area (Å²) in [6.07, 6.45) is 2.46. The maximum absolute atomic E-state index is 12.9. The highest BCUT2D eigenvalue weighted by atomic mass is 16.4. The number of hydrogen-bond acceptors (Lipinski definition) is 3. The molecule has 0 atom stereocenters. The zero-order valence-corrected chi connectivity index (χ0v) is 17.0. The van der Waals surface area contributed by atoms with E-state index in [0.717, 1.165) is 41.6 Å². The van der Waals surface area contributed by atoms with Crippen LogP contribution in [0.25, 0.3) is 11.1 Å². The van der Waals surface area contributed by atoms with Gasteiger partial charge in [-0.25, -0.2) is 0 Å². The molecular formula is C25H24N2O3. The normalized spacial score (nSPS) is 10.5. The largest absolute Gasteiger partial charge is 0.481 e. The van der Waals surface area contributed by atoms with Gasteiger partial charge in [-0.05, 0) is 41.7 Å². The van der Waals surface area contributed by atoms with Crippen LogP contribution >= 0.6 is 0 Å². The Labute approximate surface area is 175 Å². The zero-order chi connectivity index (χ0) is 21.5. The van der Waals surface area contributed by atoms with Gasteiger partial charge in [-0.1, -0.05) is 61.9 Å². The van der Waals surface area contributed by atoms with Gasteiger partial charge in [-0.2, -0.15) is 5.26 Å². The highest BCUT2D eigenvalue weighted by Crippen LogP contribution is 2.23. The van der Waals surface area contributed by atoms with E-state index in [1.807, 2.05) is 48.5 Å². The van der Waals surface area contributed by atoms with Crippen molar-refractivity contribution in [3.63, 3.8) is 0 Å². The maximum atomic E-state index is 12.9. The Morgan fingerprint density at radius 1 is 1.07 bits per heavy atom. The Hall–Kier alpha value is -3.65. The van der Waals surface area contributed by atoms with Crippen LogP contribution in [0.4, 0.5) is 0 Å². The summed E-state index contributed by atoms with van der Waals surface area (Å²) in [6.45, 7) is 2.48. The molecule has 0 amide bonds. The van der Waals surface area contributed by atoms with Crippen LogP contribution in [-0.2, 0) is 24.2 Å². The van der Waals surface area contributed by atoms with Crippen LogP contribution < -0.4 is 5.56 Å². The lowest BCUT2D eigenvalue weighted by Gasteiger charge is -2.15. The number of aryl methyl sites for hydroxylation is 1.